The average molecular weight is 390 g/mol. The lowest BCUT2D eigenvalue weighted by Gasteiger charge is -2.16. The molecule has 0 saturated carbocycles. The van der Waals surface area contributed by atoms with Gasteiger partial charge in [0.15, 0.2) is 0 Å². The van der Waals surface area contributed by atoms with Crippen LogP contribution in [-0.2, 0) is 21.7 Å². The maximum absolute atomic E-state index is 11.5. The lowest BCUT2D eigenvalue weighted by atomic mass is 9.98. The molecule has 0 spiro atoms. The van der Waals surface area contributed by atoms with Gasteiger partial charge in [0.05, 0.1) is 26.9 Å². The van der Waals surface area contributed by atoms with Gasteiger partial charge in [-0.25, -0.2) is 0 Å². The highest BCUT2D eigenvalue weighted by molar-refractivity contribution is 7.98. The molecular weight excluding hydrogens is 362 g/mol. The predicted octanol–water partition coefficient (Wildman–Crippen LogP) is 3.67. The molecule has 6 heteroatoms. The van der Waals surface area contributed by atoms with Crippen LogP contribution in [-0.4, -0.2) is 39.1 Å². The SMILES string of the molecule is CCSCc1cc(OC)c(-c2ccc(C[C@H](N)C(=O)OC)cc2)c(OC)c1. The van der Waals surface area contributed by atoms with Crippen LogP contribution in [0.5, 0.6) is 11.5 Å². The number of carbonyl (C=O) groups is 1. The first-order valence-electron chi connectivity index (χ1n) is 8.79. The molecule has 0 fully saturated rings. The highest BCUT2D eigenvalue weighted by Crippen LogP contribution is 2.40. The van der Waals surface area contributed by atoms with E-state index in [2.05, 4.69) is 23.8 Å². The second-order valence-corrected chi connectivity index (χ2v) is 7.32. The van der Waals surface area contributed by atoms with Crippen molar-refractivity contribution in [2.24, 2.45) is 5.73 Å². The number of thioether (sulfide) groups is 1. The van der Waals surface area contributed by atoms with Crippen LogP contribution >= 0.6 is 11.8 Å². The second-order valence-electron chi connectivity index (χ2n) is 6.04. The van der Waals surface area contributed by atoms with Gasteiger partial charge in [-0.15, -0.1) is 0 Å². The molecular formula is C21H27NO4S. The minimum absolute atomic E-state index is 0.414. The summed E-state index contributed by atoms with van der Waals surface area (Å²) in [7, 11) is 4.67. The van der Waals surface area contributed by atoms with Crippen molar-refractivity contribution in [3.63, 3.8) is 0 Å². The number of benzene rings is 2. The Bertz CT molecular complexity index is 736. The quantitative estimate of drug-likeness (QED) is 0.660. The highest BCUT2D eigenvalue weighted by atomic mass is 32.2. The van der Waals surface area contributed by atoms with E-state index in [0.29, 0.717) is 6.42 Å². The maximum atomic E-state index is 11.5. The van der Waals surface area contributed by atoms with E-state index in [-0.39, 0.29) is 0 Å². The molecule has 0 heterocycles. The number of nitrogens with two attached hydrogens (primary N) is 1. The fraction of sp³-hybridized carbons (Fsp3) is 0.381. The van der Waals surface area contributed by atoms with Crippen LogP contribution in [0, 0.1) is 0 Å². The summed E-state index contributed by atoms with van der Waals surface area (Å²) in [5, 5.41) is 0. The first-order valence-corrected chi connectivity index (χ1v) is 9.94. The molecule has 0 aromatic heterocycles. The molecule has 2 N–H and O–H groups in total. The number of carbonyl (C=O) groups excluding carboxylic acids is 1. The van der Waals surface area contributed by atoms with Gasteiger partial charge < -0.3 is 19.9 Å². The van der Waals surface area contributed by atoms with Crippen LogP contribution in [0.1, 0.15) is 18.1 Å². The van der Waals surface area contributed by atoms with Crippen LogP contribution in [0.2, 0.25) is 0 Å². The Morgan fingerprint density at radius 3 is 2.11 bits per heavy atom. The van der Waals surface area contributed by atoms with E-state index in [1.165, 1.54) is 12.7 Å². The Labute approximate surface area is 165 Å². The summed E-state index contributed by atoms with van der Waals surface area (Å²) in [6.07, 6.45) is 0.425. The van der Waals surface area contributed by atoms with Crippen molar-refractivity contribution in [2.75, 3.05) is 27.1 Å². The third kappa shape index (κ3) is 5.40. The van der Waals surface area contributed by atoms with Gasteiger partial charge in [-0.2, -0.15) is 11.8 Å². The van der Waals surface area contributed by atoms with Gasteiger partial charge in [0, 0.05) is 5.75 Å². The zero-order valence-corrected chi connectivity index (χ0v) is 17.1. The lowest BCUT2D eigenvalue weighted by Crippen LogP contribution is -2.33. The molecule has 2 aromatic carbocycles. The monoisotopic (exact) mass is 389 g/mol. The molecule has 0 aliphatic carbocycles. The van der Waals surface area contributed by atoms with E-state index >= 15 is 0 Å². The molecule has 2 aromatic rings. The van der Waals surface area contributed by atoms with Crippen LogP contribution in [0.3, 0.4) is 0 Å². The zero-order chi connectivity index (χ0) is 19.8. The van der Waals surface area contributed by atoms with Crippen molar-refractivity contribution in [2.45, 2.75) is 25.1 Å². The van der Waals surface area contributed by atoms with Crippen LogP contribution in [0.4, 0.5) is 0 Å². The highest BCUT2D eigenvalue weighted by Gasteiger charge is 2.17. The molecule has 0 aliphatic heterocycles. The van der Waals surface area contributed by atoms with Gasteiger partial charge in [0.25, 0.3) is 0 Å². The molecule has 27 heavy (non-hydrogen) atoms. The fourth-order valence-electron chi connectivity index (χ4n) is 2.85. The third-order valence-electron chi connectivity index (χ3n) is 4.24. The van der Waals surface area contributed by atoms with Crippen LogP contribution in [0.25, 0.3) is 11.1 Å². The summed E-state index contributed by atoms with van der Waals surface area (Å²) in [6.45, 7) is 2.14. The number of hydrogen-bond acceptors (Lipinski definition) is 6. The number of ether oxygens (including phenoxy) is 3. The molecule has 0 unspecified atom stereocenters. The van der Waals surface area contributed by atoms with Gasteiger partial charge >= 0.3 is 5.97 Å². The topological polar surface area (TPSA) is 70.8 Å². The van der Waals surface area contributed by atoms with Gasteiger partial charge in [-0.1, -0.05) is 31.2 Å². The van der Waals surface area contributed by atoms with Crippen molar-refractivity contribution in [3.05, 3.63) is 47.5 Å². The standard InChI is InChI=1S/C21H27NO4S/c1-5-27-13-15-11-18(24-2)20(19(12-15)25-3)16-8-6-14(7-9-16)10-17(22)21(23)26-4/h6-9,11-12,17H,5,10,13,22H2,1-4H3/t17-/m0/s1. The fourth-order valence-corrected chi connectivity index (χ4v) is 3.46. The lowest BCUT2D eigenvalue weighted by molar-refractivity contribution is -0.142. The van der Waals surface area contributed by atoms with E-state index in [0.717, 1.165) is 39.7 Å². The van der Waals surface area contributed by atoms with E-state index in [1.807, 2.05) is 36.0 Å². The van der Waals surface area contributed by atoms with Crippen LogP contribution in [0.15, 0.2) is 36.4 Å². The predicted molar refractivity (Wildman–Crippen MR) is 111 cm³/mol. The molecule has 1 atom stereocenters. The summed E-state index contributed by atoms with van der Waals surface area (Å²) in [4.78, 5) is 11.5. The van der Waals surface area contributed by atoms with Gasteiger partial charge in [0.2, 0.25) is 0 Å². The maximum Gasteiger partial charge on any atom is 0.322 e. The first kappa shape index (κ1) is 21.1. The summed E-state index contributed by atoms with van der Waals surface area (Å²) in [5.74, 6) is 3.11. The Kier molecular flexibility index (Phi) is 8.00. The van der Waals surface area contributed by atoms with E-state index in [1.54, 1.807) is 14.2 Å². The molecule has 0 amide bonds. The van der Waals surface area contributed by atoms with E-state index in [9.17, 15) is 4.79 Å². The Morgan fingerprint density at radius 1 is 1.04 bits per heavy atom. The first-order chi connectivity index (χ1) is 13.0. The normalized spacial score (nSPS) is 11.7. The Hall–Kier alpha value is -2.18. The molecule has 0 radical (unpaired) electrons. The molecule has 2 rings (SSSR count). The molecule has 146 valence electrons. The smallest absolute Gasteiger partial charge is 0.322 e. The van der Waals surface area contributed by atoms with Crippen LogP contribution < -0.4 is 15.2 Å². The summed E-state index contributed by atoms with van der Waals surface area (Å²) >= 11 is 1.85. The number of methoxy groups -OCH3 is 3. The minimum atomic E-state index is -0.666. The van der Waals surface area contributed by atoms with Gasteiger partial charge in [-0.05, 0) is 41.0 Å². The minimum Gasteiger partial charge on any atom is -0.496 e. The van der Waals surface area contributed by atoms with Crippen molar-refractivity contribution >= 4 is 17.7 Å². The summed E-state index contributed by atoms with van der Waals surface area (Å²) in [6, 6.07) is 11.3. The zero-order valence-electron chi connectivity index (χ0n) is 16.3. The number of rotatable bonds is 9. The van der Waals surface area contributed by atoms with Crippen molar-refractivity contribution in [3.8, 4) is 22.6 Å². The molecule has 5 nitrogen and oxygen atoms in total. The number of hydrogen-bond donors (Lipinski definition) is 1. The van der Waals surface area contributed by atoms with E-state index < -0.39 is 12.0 Å². The Balaban J connectivity index is 2.32. The van der Waals surface area contributed by atoms with Crippen molar-refractivity contribution < 1.29 is 19.0 Å². The summed E-state index contributed by atoms with van der Waals surface area (Å²) in [5.41, 5.74) is 9.86. The van der Waals surface area contributed by atoms with Gasteiger partial charge in [-0.3, -0.25) is 4.79 Å². The average Bonchev–Trinajstić information content (AvgIpc) is 2.71. The van der Waals surface area contributed by atoms with E-state index in [4.69, 9.17) is 15.2 Å². The van der Waals surface area contributed by atoms with Gasteiger partial charge in [0.1, 0.15) is 17.5 Å². The van der Waals surface area contributed by atoms with Crippen molar-refractivity contribution in [1.82, 2.24) is 0 Å². The molecule has 0 saturated heterocycles. The largest absolute Gasteiger partial charge is 0.496 e. The van der Waals surface area contributed by atoms with Crippen molar-refractivity contribution in [1.29, 1.82) is 0 Å². The third-order valence-corrected chi connectivity index (χ3v) is 5.19. The second kappa shape index (κ2) is 10.2. The summed E-state index contributed by atoms with van der Waals surface area (Å²) < 4.78 is 15.9. The Morgan fingerprint density at radius 2 is 1.63 bits per heavy atom. The number of esters is 1. The molecule has 0 bridgehead atoms. The molecule has 0 aliphatic rings.